The number of hydrogen-bond donors (Lipinski definition) is 1. The molecule has 0 heterocycles. The molecule has 0 spiro atoms. The maximum Gasteiger partial charge on any atom is 0.241 e. The van der Waals surface area contributed by atoms with Gasteiger partial charge >= 0.3 is 0 Å². The zero-order valence-corrected chi connectivity index (χ0v) is 16.0. The van der Waals surface area contributed by atoms with Gasteiger partial charge in [0.1, 0.15) is 11.5 Å². The molecule has 0 unspecified atom stereocenters. The van der Waals surface area contributed by atoms with Crippen molar-refractivity contribution in [3.05, 3.63) is 54.1 Å². The molecule has 2 aromatic rings. The molecule has 5 nitrogen and oxygen atoms in total. The van der Waals surface area contributed by atoms with E-state index in [1.54, 1.807) is 0 Å². The molecule has 0 fully saturated rings. The van der Waals surface area contributed by atoms with Crippen LogP contribution < -0.4 is 14.8 Å². The number of nitrogens with one attached hydrogen (secondary N) is 1. The van der Waals surface area contributed by atoms with Crippen molar-refractivity contribution >= 4 is 11.6 Å². The molecule has 0 bridgehead atoms. The van der Waals surface area contributed by atoms with Crippen LogP contribution in [0.4, 0.5) is 5.69 Å². The highest BCUT2D eigenvalue weighted by Crippen LogP contribution is 2.17. The number of carbonyl (C=O) groups excluding carboxylic acids is 1. The largest absolute Gasteiger partial charge is 0.494 e. The van der Waals surface area contributed by atoms with Gasteiger partial charge in [-0.25, -0.2) is 0 Å². The van der Waals surface area contributed by atoms with Gasteiger partial charge in [-0.3, -0.25) is 9.69 Å². The molecule has 1 N–H and O–H groups in total. The van der Waals surface area contributed by atoms with E-state index in [1.807, 2.05) is 81.2 Å². The highest BCUT2D eigenvalue weighted by molar-refractivity contribution is 5.94. The summed E-state index contributed by atoms with van der Waals surface area (Å²) < 4.78 is 10.9. The van der Waals surface area contributed by atoms with E-state index in [1.165, 1.54) is 0 Å². The highest BCUT2D eigenvalue weighted by atomic mass is 16.5. The molecule has 5 heteroatoms. The Balaban J connectivity index is 1.89. The zero-order valence-electron chi connectivity index (χ0n) is 16.0. The molecule has 0 saturated heterocycles. The summed E-state index contributed by atoms with van der Waals surface area (Å²) in [6.45, 7) is 7.77. The summed E-state index contributed by atoms with van der Waals surface area (Å²) in [4.78, 5) is 14.5. The Labute approximate surface area is 155 Å². The Bertz CT molecular complexity index is 683. The summed E-state index contributed by atoms with van der Waals surface area (Å²) in [7, 11) is 1.94. The van der Waals surface area contributed by atoms with Gasteiger partial charge in [-0.1, -0.05) is 12.1 Å². The van der Waals surface area contributed by atoms with Crippen molar-refractivity contribution in [2.24, 2.45) is 0 Å². The normalized spacial score (nSPS) is 11.9. The number of hydrogen-bond acceptors (Lipinski definition) is 4. The molecular formula is C21H28N2O3. The van der Waals surface area contributed by atoms with Gasteiger partial charge in [0.2, 0.25) is 5.91 Å². The Morgan fingerprint density at radius 2 is 1.46 bits per heavy atom. The van der Waals surface area contributed by atoms with Crippen molar-refractivity contribution in [2.75, 3.05) is 25.6 Å². The number of ether oxygens (including phenoxy) is 2. The molecule has 2 aromatic carbocycles. The second kappa shape index (κ2) is 9.82. The molecular weight excluding hydrogens is 328 g/mol. The minimum atomic E-state index is -0.256. The Kier molecular flexibility index (Phi) is 7.48. The second-order valence-corrected chi connectivity index (χ2v) is 6.11. The van der Waals surface area contributed by atoms with E-state index in [0.717, 1.165) is 22.7 Å². The predicted molar refractivity (Wildman–Crippen MR) is 105 cm³/mol. The lowest BCUT2D eigenvalue weighted by molar-refractivity contribution is -0.120. The summed E-state index contributed by atoms with van der Waals surface area (Å²) in [6, 6.07) is 15.1. The molecule has 0 aliphatic rings. The van der Waals surface area contributed by atoms with Crippen LogP contribution in [0.2, 0.25) is 0 Å². The third kappa shape index (κ3) is 5.77. The third-order valence-electron chi connectivity index (χ3n) is 4.14. The van der Waals surface area contributed by atoms with Gasteiger partial charge in [-0.05, 0) is 69.8 Å². The van der Waals surface area contributed by atoms with Gasteiger partial charge in [0, 0.05) is 12.2 Å². The van der Waals surface area contributed by atoms with Crippen molar-refractivity contribution in [1.82, 2.24) is 4.90 Å². The standard InChI is InChI=1S/C21H28N2O3/c1-5-25-19-11-7-17(8-12-19)15-23(4)16(3)21(24)22-18-9-13-20(14-10-18)26-6-2/h7-14,16H,5-6,15H2,1-4H3,(H,22,24)/t16-/m0/s1. The SMILES string of the molecule is CCOc1ccc(CN(C)[C@@H](C)C(=O)Nc2ccc(OCC)cc2)cc1. The van der Waals surface area contributed by atoms with E-state index in [9.17, 15) is 4.79 Å². The topological polar surface area (TPSA) is 50.8 Å². The smallest absolute Gasteiger partial charge is 0.241 e. The lowest BCUT2D eigenvalue weighted by Gasteiger charge is -2.24. The lowest BCUT2D eigenvalue weighted by atomic mass is 10.1. The predicted octanol–water partition coefficient (Wildman–Crippen LogP) is 3.94. The van der Waals surface area contributed by atoms with Crippen molar-refractivity contribution in [3.8, 4) is 11.5 Å². The van der Waals surface area contributed by atoms with Crippen LogP contribution in [0.15, 0.2) is 48.5 Å². The van der Waals surface area contributed by atoms with Crippen LogP contribution >= 0.6 is 0 Å². The molecule has 0 radical (unpaired) electrons. The van der Waals surface area contributed by atoms with Gasteiger partial charge in [0.25, 0.3) is 0 Å². The van der Waals surface area contributed by atoms with E-state index in [-0.39, 0.29) is 11.9 Å². The molecule has 0 saturated carbocycles. The van der Waals surface area contributed by atoms with Crippen LogP contribution in [-0.2, 0) is 11.3 Å². The summed E-state index contributed by atoms with van der Waals surface area (Å²) in [6.07, 6.45) is 0. The van der Waals surface area contributed by atoms with Crippen LogP contribution in [0.3, 0.4) is 0 Å². The Morgan fingerprint density at radius 1 is 0.962 bits per heavy atom. The van der Waals surface area contributed by atoms with Gasteiger partial charge in [-0.2, -0.15) is 0 Å². The highest BCUT2D eigenvalue weighted by Gasteiger charge is 2.18. The summed E-state index contributed by atoms with van der Waals surface area (Å²) >= 11 is 0. The number of amides is 1. The number of rotatable bonds is 9. The molecule has 0 aromatic heterocycles. The quantitative estimate of drug-likeness (QED) is 0.739. The van der Waals surface area contributed by atoms with Crippen molar-refractivity contribution in [3.63, 3.8) is 0 Å². The third-order valence-corrected chi connectivity index (χ3v) is 4.14. The average Bonchev–Trinajstić information content (AvgIpc) is 2.64. The number of carbonyl (C=O) groups is 1. The van der Waals surface area contributed by atoms with Gasteiger partial charge < -0.3 is 14.8 Å². The van der Waals surface area contributed by atoms with Crippen molar-refractivity contribution < 1.29 is 14.3 Å². The number of anilines is 1. The molecule has 0 aliphatic heterocycles. The maximum absolute atomic E-state index is 12.5. The van der Waals surface area contributed by atoms with E-state index < -0.39 is 0 Å². The van der Waals surface area contributed by atoms with Crippen LogP contribution in [0.25, 0.3) is 0 Å². The minimum Gasteiger partial charge on any atom is -0.494 e. The monoisotopic (exact) mass is 356 g/mol. The average molecular weight is 356 g/mol. The molecule has 1 atom stereocenters. The fourth-order valence-electron chi connectivity index (χ4n) is 2.53. The van der Waals surface area contributed by atoms with Crippen LogP contribution in [0.1, 0.15) is 26.3 Å². The second-order valence-electron chi connectivity index (χ2n) is 6.11. The molecule has 0 aliphatic carbocycles. The van der Waals surface area contributed by atoms with Crippen molar-refractivity contribution in [1.29, 1.82) is 0 Å². The van der Waals surface area contributed by atoms with Crippen molar-refractivity contribution in [2.45, 2.75) is 33.4 Å². The molecule has 1 amide bonds. The maximum atomic E-state index is 12.5. The van der Waals surface area contributed by atoms with Crippen LogP contribution in [0, 0.1) is 0 Å². The van der Waals surface area contributed by atoms with Crippen LogP contribution in [-0.4, -0.2) is 37.1 Å². The fraction of sp³-hybridized carbons (Fsp3) is 0.381. The summed E-state index contributed by atoms with van der Waals surface area (Å²) in [5.41, 5.74) is 1.90. The minimum absolute atomic E-state index is 0.0393. The summed E-state index contributed by atoms with van der Waals surface area (Å²) in [5.74, 6) is 1.62. The summed E-state index contributed by atoms with van der Waals surface area (Å²) in [5, 5.41) is 2.95. The van der Waals surface area contributed by atoms with Gasteiger partial charge in [-0.15, -0.1) is 0 Å². The first-order valence-corrected chi connectivity index (χ1v) is 8.99. The van der Waals surface area contributed by atoms with E-state index in [2.05, 4.69) is 5.32 Å². The molecule has 2 rings (SSSR count). The number of likely N-dealkylation sites (N-methyl/N-ethyl adjacent to an activating group) is 1. The van der Waals surface area contributed by atoms with Gasteiger partial charge in [0.05, 0.1) is 19.3 Å². The first kappa shape index (κ1) is 19.8. The number of nitrogens with zero attached hydrogens (tertiary/aromatic N) is 1. The number of benzene rings is 2. The van der Waals surface area contributed by atoms with Crippen LogP contribution in [0.5, 0.6) is 11.5 Å². The Hall–Kier alpha value is -2.53. The van der Waals surface area contributed by atoms with E-state index >= 15 is 0 Å². The Morgan fingerprint density at radius 3 is 1.96 bits per heavy atom. The van der Waals surface area contributed by atoms with Gasteiger partial charge in [0.15, 0.2) is 0 Å². The van der Waals surface area contributed by atoms with E-state index in [0.29, 0.717) is 19.8 Å². The fourth-order valence-corrected chi connectivity index (χ4v) is 2.53. The molecule has 140 valence electrons. The zero-order chi connectivity index (χ0) is 18.9. The first-order valence-electron chi connectivity index (χ1n) is 8.99. The lowest BCUT2D eigenvalue weighted by Crippen LogP contribution is -2.39. The molecule has 26 heavy (non-hydrogen) atoms. The first-order chi connectivity index (χ1) is 12.5. The van der Waals surface area contributed by atoms with E-state index in [4.69, 9.17) is 9.47 Å².